The molecule has 1 saturated carbocycles. The first-order chi connectivity index (χ1) is 2.84. The first-order valence-corrected chi connectivity index (χ1v) is 2.30. The Balaban J connectivity index is 2.44. The van der Waals surface area contributed by atoms with E-state index >= 15 is 0 Å². The molecular formula is C5H9N. The van der Waals surface area contributed by atoms with Crippen molar-refractivity contribution in [2.45, 2.75) is 13.3 Å². The molecule has 34 valence electrons. The lowest BCUT2D eigenvalue weighted by Gasteiger charge is -1.64. The Morgan fingerprint density at radius 3 is 2.33 bits per heavy atom. The molecule has 0 N–H and O–H groups in total. The molecule has 1 unspecified atom stereocenters. The summed E-state index contributed by atoms with van der Waals surface area (Å²) >= 11 is 0. The van der Waals surface area contributed by atoms with Gasteiger partial charge in [-0.3, -0.25) is 4.99 Å². The van der Waals surface area contributed by atoms with Gasteiger partial charge < -0.3 is 0 Å². The normalized spacial score (nSPS) is 37.7. The Kier molecular flexibility index (Phi) is 0.685. The van der Waals surface area contributed by atoms with E-state index < -0.39 is 0 Å². The minimum atomic E-state index is 0.815. The molecule has 1 atom stereocenters. The van der Waals surface area contributed by atoms with Crippen LogP contribution in [0.3, 0.4) is 0 Å². The van der Waals surface area contributed by atoms with Gasteiger partial charge in [0.2, 0.25) is 0 Å². The van der Waals surface area contributed by atoms with Crippen molar-refractivity contribution in [2.75, 3.05) is 7.05 Å². The topological polar surface area (TPSA) is 12.4 Å². The van der Waals surface area contributed by atoms with Crippen molar-refractivity contribution < 1.29 is 0 Å². The zero-order valence-electron chi connectivity index (χ0n) is 4.23. The molecule has 1 aliphatic rings. The van der Waals surface area contributed by atoms with E-state index in [0.717, 1.165) is 5.92 Å². The zero-order chi connectivity index (χ0) is 4.57. The van der Waals surface area contributed by atoms with Crippen LogP contribution in [0.1, 0.15) is 13.3 Å². The summed E-state index contributed by atoms with van der Waals surface area (Å²) in [4.78, 5) is 4.00. The lowest BCUT2D eigenvalue weighted by Crippen LogP contribution is -1.64. The van der Waals surface area contributed by atoms with E-state index in [-0.39, 0.29) is 0 Å². The first-order valence-electron chi connectivity index (χ1n) is 2.30. The van der Waals surface area contributed by atoms with E-state index in [9.17, 15) is 0 Å². The predicted octanol–water partition coefficient (Wildman–Crippen LogP) is 1.10. The molecule has 0 bridgehead atoms. The summed E-state index contributed by atoms with van der Waals surface area (Å²) in [5.74, 6) is 0.815. The summed E-state index contributed by atoms with van der Waals surface area (Å²) in [6.07, 6.45) is 1.25. The van der Waals surface area contributed by atoms with Gasteiger partial charge in [0.1, 0.15) is 0 Å². The molecule has 0 aromatic rings. The first kappa shape index (κ1) is 3.85. The highest BCUT2D eigenvalue weighted by atomic mass is 14.7. The van der Waals surface area contributed by atoms with Gasteiger partial charge in [-0.05, 0) is 12.3 Å². The third-order valence-electron chi connectivity index (χ3n) is 1.21. The van der Waals surface area contributed by atoms with Crippen LogP contribution < -0.4 is 0 Å². The second-order valence-corrected chi connectivity index (χ2v) is 1.82. The van der Waals surface area contributed by atoms with Gasteiger partial charge in [0.15, 0.2) is 0 Å². The number of rotatable bonds is 0. The molecule has 0 spiro atoms. The summed E-state index contributed by atoms with van der Waals surface area (Å²) in [5.41, 5.74) is 1.38. The van der Waals surface area contributed by atoms with Gasteiger partial charge in [-0.25, -0.2) is 0 Å². The molecule has 1 rings (SSSR count). The smallest absolute Gasteiger partial charge is 0.0276 e. The molecular weight excluding hydrogens is 74.1 g/mol. The molecule has 6 heavy (non-hydrogen) atoms. The quantitative estimate of drug-likeness (QED) is 0.416. The van der Waals surface area contributed by atoms with Gasteiger partial charge in [-0.2, -0.15) is 0 Å². The van der Waals surface area contributed by atoms with Gasteiger partial charge >= 0.3 is 0 Å². The maximum atomic E-state index is 4.00. The van der Waals surface area contributed by atoms with E-state index in [1.165, 1.54) is 12.1 Å². The van der Waals surface area contributed by atoms with Crippen molar-refractivity contribution in [1.29, 1.82) is 0 Å². The molecule has 0 amide bonds. The van der Waals surface area contributed by atoms with Crippen LogP contribution in [-0.2, 0) is 0 Å². The highest BCUT2D eigenvalue weighted by molar-refractivity contribution is 6.00. The molecule has 0 aliphatic heterocycles. The van der Waals surface area contributed by atoms with Crippen LogP contribution in [0, 0.1) is 5.92 Å². The van der Waals surface area contributed by atoms with Crippen LogP contribution in [0.15, 0.2) is 4.99 Å². The summed E-state index contributed by atoms with van der Waals surface area (Å²) in [6.45, 7) is 2.20. The molecule has 0 aromatic heterocycles. The Bertz CT molecular complexity index is 83.9. The molecule has 0 aromatic carbocycles. The Hall–Kier alpha value is -0.330. The second-order valence-electron chi connectivity index (χ2n) is 1.82. The molecule has 0 heterocycles. The standard InChI is InChI=1S/C5H9N/c1-4-3-5(4)6-2/h4H,3H2,1-2H3. The van der Waals surface area contributed by atoms with Crippen LogP contribution in [0.25, 0.3) is 0 Å². The van der Waals surface area contributed by atoms with Crippen molar-refractivity contribution in [1.82, 2.24) is 0 Å². The average Bonchev–Trinajstić information content (AvgIpc) is 2.19. The van der Waals surface area contributed by atoms with Gasteiger partial charge in [0.25, 0.3) is 0 Å². The van der Waals surface area contributed by atoms with E-state index in [1.807, 2.05) is 7.05 Å². The lowest BCUT2D eigenvalue weighted by molar-refractivity contribution is 1.03. The third-order valence-corrected chi connectivity index (χ3v) is 1.21. The monoisotopic (exact) mass is 83.1 g/mol. The third kappa shape index (κ3) is 0.445. The fourth-order valence-electron chi connectivity index (χ4n) is 0.566. The number of hydrogen-bond donors (Lipinski definition) is 0. The number of nitrogens with zero attached hydrogens (tertiary/aromatic N) is 1. The summed E-state index contributed by atoms with van der Waals surface area (Å²) in [6, 6.07) is 0. The largest absolute Gasteiger partial charge is 0.297 e. The van der Waals surface area contributed by atoms with Gasteiger partial charge in [-0.1, -0.05) is 6.92 Å². The van der Waals surface area contributed by atoms with Crippen LogP contribution in [0.5, 0.6) is 0 Å². The van der Waals surface area contributed by atoms with Crippen LogP contribution >= 0.6 is 0 Å². The number of aliphatic imine (C=N–C) groups is 1. The highest BCUT2D eigenvalue weighted by Crippen LogP contribution is 2.23. The molecule has 0 saturated heterocycles. The minimum Gasteiger partial charge on any atom is -0.297 e. The van der Waals surface area contributed by atoms with Crippen LogP contribution in [0.4, 0.5) is 0 Å². The molecule has 1 heteroatoms. The van der Waals surface area contributed by atoms with Crippen molar-refractivity contribution in [3.05, 3.63) is 0 Å². The lowest BCUT2D eigenvalue weighted by atomic mass is 10.5. The van der Waals surface area contributed by atoms with Gasteiger partial charge in [0.05, 0.1) is 0 Å². The summed E-state index contributed by atoms with van der Waals surface area (Å²) < 4.78 is 0. The van der Waals surface area contributed by atoms with Crippen LogP contribution in [-0.4, -0.2) is 12.8 Å². The van der Waals surface area contributed by atoms with E-state index in [4.69, 9.17) is 0 Å². The summed E-state index contributed by atoms with van der Waals surface area (Å²) in [5, 5.41) is 0. The zero-order valence-corrected chi connectivity index (χ0v) is 4.23. The highest BCUT2D eigenvalue weighted by Gasteiger charge is 2.24. The Morgan fingerprint density at radius 1 is 1.83 bits per heavy atom. The van der Waals surface area contributed by atoms with Gasteiger partial charge in [-0.15, -0.1) is 0 Å². The fourth-order valence-corrected chi connectivity index (χ4v) is 0.566. The van der Waals surface area contributed by atoms with Gasteiger partial charge in [0, 0.05) is 12.8 Å². The van der Waals surface area contributed by atoms with E-state index in [2.05, 4.69) is 11.9 Å². The second kappa shape index (κ2) is 1.07. The predicted molar refractivity (Wildman–Crippen MR) is 27.1 cm³/mol. The maximum absolute atomic E-state index is 4.00. The van der Waals surface area contributed by atoms with Crippen molar-refractivity contribution in [3.63, 3.8) is 0 Å². The molecule has 0 radical (unpaired) electrons. The van der Waals surface area contributed by atoms with Crippen molar-refractivity contribution in [3.8, 4) is 0 Å². The number of hydrogen-bond acceptors (Lipinski definition) is 1. The molecule has 1 fully saturated rings. The fraction of sp³-hybridized carbons (Fsp3) is 0.800. The molecule has 1 nitrogen and oxygen atoms in total. The van der Waals surface area contributed by atoms with Crippen molar-refractivity contribution in [2.24, 2.45) is 10.9 Å². The Labute approximate surface area is 38.1 Å². The summed E-state index contributed by atoms with van der Waals surface area (Å²) in [7, 11) is 1.86. The maximum Gasteiger partial charge on any atom is 0.0276 e. The van der Waals surface area contributed by atoms with Crippen LogP contribution in [0.2, 0.25) is 0 Å². The minimum absolute atomic E-state index is 0.815. The SMILES string of the molecule is CN=C1CC1C. The van der Waals surface area contributed by atoms with E-state index in [0.29, 0.717) is 0 Å². The molecule has 1 aliphatic carbocycles. The van der Waals surface area contributed by atoms with E-state index in [1.54, 1.807) is 0 Å². The average molecular weight is 83.1 g/mol. The Morgan fingerprint density at radius 2 is 2.33 bits per heavy atom. The van der Waals surface area contributed by atoms with Crippen molar-refractivity contribution >= 4 is 5.71 Å².